The van der Waals surface area contributed by atoms with Crippen molar-refractivity contribution in [2.45, 2.75) is 26.8 Å². The summed E-state index contributed by atoms with van der Waals surface area (Å²) in [7, 11) is 0. The smallest absolute Gasteiger partial charge is 0.335 e. The fourth-order valence-corrected chi connectivity index (χ4v) is 3.90. The maximum absolute atomic E-state index is 12.5. The number of benzene rings is 2. The second kappa shape index (κ2) is 20.3. The molecule has 0 aliphatic rings. The zero-order valence-corrected chi connectivity index (χ0v) is 28.7. The normalized spacial score (nSPS) is 10.0. The van der Waals surface area contributed by atoms with Crippen LogP contribution in [0, 0.1) is 53.3 Å². The first kappa shape index (κ1) is 38.4. The van der Waals surface area contributed by atoms with Crippen LogP contribution in [-0.2, 0) is 9.63 Å². The number of hydroxylamine groups is 1. The molecule has 50 heavy (non-hydrogen) atoms. The summed E-state index contributed by atoms with van der Waals surface area (Å²) >= 11 is 11.4. The van der Waals surface area contributed by atoms with Gasteiger partial charge in [-0.3, -0.25) is 14.4 Å². The molecule has 11 heteroatoms. The molecule has 0 saturated carbocycles. The summed E-state index contributed by atoms with van der Waals surface area (Å²) in [5.41, 5.74) is 5.85. The number of nitrogens with one attached hydrogen (secondary N) is 2. The number of carboxylic acid groups (broad SMARTS) is 1. The molecule has 250 valence electrons. The number of hydrogen-bond donors (Lipinski definition) is 3. The highest BCUT2D eigenvalue weighted by Gasteiger charge is 2.24. The molecule has 2 amide bonds. The van der Waals surface area contributed by atoms with E-state index in [1.807, 2.05) is 13.8 Å². The minimum atomic E-state index is -0.959. The monoisotopic (exact) mass is 704 g/mol. The largest absolute Gasteiger partial charge is 0.478 e. The molecule has 3 N–H and O–H groups in total. The van der Waals surface area contributed by atoms with Crippen molar-refractivity contribution < 1.29 is 24.3 Å². The number of carboxylic acids is 1. The fraction of sp³-hybridized carbons (Fsp3) is 0.154. The molecule has 0 spiro atoms. The van der Waals surface area contributed by atoms with Gasteiger partial charge in [0.1, 0.15) is 16.3 Å². The molecule has 0 aliphatic carbocycles. The number of halogens is 2. The number of hydrogen-bond acceptors (Lipinski definition) is 6. The number of carbonyl (C=O) groups is 3. The summed E-state index contributed by atoms with van der Waals surface area (Å²) in [6, 6.07) is 19.1. The van der Waals surface area contributed by atoms with E-state index in [2.05, 4.69) is 68.1 Å². The third kappa shape index (κ3) is 13.6. The average molecular weight is 706 g/mol. The molecule has 1 atom stereocenters. The highest BCUT2D eigenvalue weighted by atomic mass is 35.5. The van der Waals surface area contributed by atoms with Gasteiger partial charge in [-0.1, -0.05) is 60.7 Å². The van der Waals surface area contributed by atoms with Gasteiger partial charge in [-0.25, -0.2) is 20.2 Å². The zero-order valence-electron chi connectivity index (χ0n) is 27.2. The van der Waals surface area contributed by atoms with Crippen molar-refractivity contribution in [1.29, 1.82) is 0 Å². The summed E-state index contributed by atoms with van der Waals surface area (Å²) in [4.78, 5) is 48.1. The van der Waals surface area contributed by atoms with Crippen LogP contribution in [0.15, 0.2) is 85.2 Å². The van der Waals surface area contributed by atoms with E-state index in [0.717, 1.165) is 5.56 Å². The molecule has 0 aliphatic heterocycles. The summed E-state index contributed by atoms with van der Waals surface area (Å²) in [6.45, 7) is 5.79. The molecular weight excluding hydrogens is 675 g/mol. The van der Waals surface area contributed by atoms with Gasteiger partial charge < -0.3 is 10.4 Å². The van der Waals surface area contributed by atoms with Crippen LogP contribution < -0.4 is 10.8 Å². The Labute approximate surface area is 300 Å². The van der Waals surface area contributed by atoms with Crippen LogP contribution in [0.1, 0.15) is 63.7 Å². The molecule has 0 saturated heterocycles. The lowest BCUT2D eigenvalue weighted by atomic mass is 10.0. The SMILES string of the molecule is CCONC(=O)C(NC(=O)c1ccc(C#CC#Cc2ccc(Cl)nc2)cc1)C(C)C.O=C(O)c1ccc(C#CC#Cc2ccc(Cl)nc2)cc1. The molecule has 2 aromatic carbocycles. The van der Waals surface area contributed by atoms with Gasteiger partial charge in [-0.2, -0.15) is 0 Å². The Balaban J connectivity index is 0.000000292. The van der Waals surface area contributed by atoms with E-state index >= 15 is 0 Å². The molecule has 9 nitrogen and oxygen atoms in total. The van der Waals surface area contributed by atoms with E-state index in [4.69, 9.17) is 33.1 Å². The van der Waals surface area contributed by atoms with E-state index in [1.165, 1.54) is 12.1 Å². The minimum Gasteiger partial charge on any atom is -0.478 e. The Morgan fingerprint density at radius 2 is 1.12 bits per heavy atom. The van der Waals surface area contributed by atoms with Crippen molar-refractivity contribution in [2.24, 2.45) is 5.92 Å². The number of aromatic carboxylic acids is 1. The molecule has 4 rings (SSSR count). The van der Waals surface area contributed by atoms with Gasteiger partial charge in [0.05, 0.1) is 12.2 Å². The fourth-order valence-electron chi connectivity index (χ4n) is 3.68. The topological polar surface area (TPSA) is 131 Å². The lowest BCUT2D eigenvalue weighted by Gasteiger charge is -2.21. The van der Waals surface area contributed by atoms with Crippen LogP contribution in [-0.4, -0.2) is 45.5 Å². The molecule has 1 unspecified atom stereocenters. The lowest BCUT2D eigenvalue weighted by Crippen LogP contribution is -2.49. The predicted octanol–water partition coefficient (Wildman–Crippen LogP) is 5.80. The average Bonchev–Trinajstić information content (AvgIpc) is 3.12. The Kier molecular flexibility index (Phi) is 15.6. The summed E-state index contributed by atoms with van der Waals surface area (Å²) in [5.74, 6) is 20.5. The Morgan fingerprint density at radius 3 is 1.50 bits per heavy atom. The van der Waals surface area contributed by atoms with Crippen LogP contribution in [0.2, 0.25) is 10.3 Å². The number of nitrogens with zero attached hydrogens (tertiary/aromatic N) is 2. The van der Waals surface area contributed by atoms with Crippen LogP contribution >= 0.6 is 23.2 Å². The van der Waals surface area contributed by atoms with Gasteiger partial charge in [-0.15, -0.1) is 0 Å². The van der Waals surface area contributed by atoms with Crippen molar-refractivity contribution in [3.8, 4) is 47.4 Å². The maximum atomic E-state index is 12.5. The van der Waals surface area contributed by atoms with Gasteiger partial charge in [-0.05, 0) is 109 Å². The molecule has 0 bridgehead atoms. The van der Waals surface area contributed by atoms with Crippen molar-refractivity contribution in [3.05, 3.63) is 129 Å². The second-order valence-electron chi connectivity index (χ2n) is 10.3. The van der Waals surface area contributed by atoms with Crippen LogP contribution in [0.25, 0.3) is 0 Å². The quantitative estimate of drug-likeness (QED) is 0.126. The molecular formula is C39H30Cl2N4O5. The molecule has 0 fully saturated rings. The van der Waals surface area contributed by atoms with E-state index in [-0.39, 0.29) is 17.4 Å². The van der Waals surface area contributed by atoms with E-state index in [9.17, 15) is 14.4 Å². The van der Waals surface area contributed by atoms with Crippen molar-refractivity contribution in [1.82, 2.24) is 20.8 Å². The van der Waals surface area contributed by atoms with E-state index < -0.39 is 17.9 Å². The first-order valence-electron chi connectivity index (χ1n) is 15.0. The minimum absolute atomic E-state index is 0.103. The lowest BCUT2D eigenvalue weighted by molar-refractivity contribution is -0.136. The Hall–Kier alpha value is -6.07. The first-order valence-corrected chi connectivity index (χ1v) is 15.7. The predicted molar refractivity (Wildman–Crippen MR) is 192 cm³/mol. The van der Waals surface area contributed by atoms with Crippen molar-refractivity contribution in [2.75, 3.05) is 6.61 Å². The van der Waals surface area contributed by atoms with Crippen LogP contribution in [0.4, 0.5) is 0 Å². The zero-order chi connectivity index (χ0) is 36.3. The number of amides is 2. The summed E-state index contributed by atoms with van der Waals surface area (Å²) < 4.78 is 0. The Morgan fingerprint density at radius 1 is 0.700 bits per heavy atom. The Bertz CT molecular complexity index is 2040. The van der Waals surface area contributed by atoms with Gasteiger partial charge in [0.2, 0.25) is 0 Å². The summed E-state index contributed by atoms with van der Waals surface area (Å²) in [5, 5.41) is 12.3. The van der Waals surface area contributed by atoms with Crippen molar-refractivity contribution >= 4 is 41.0 Å². The van der Waals surface area contributed by atoms with Gasteiger partial charge in [0, 0.05) is 40.2 Å². The number of pyridine rings is 2. The third-order valence-electron chi connectivity index (χ3n) is 6.24. The highest BCUT2D eigenvalue weighted by Crippen LogP contribution is 2.08. The van der Waals surface area contributed by atoms with Crippen LogP contribution in [0.5, 0.6) is 0 Å². The van der Waals surface area contributed by atoms with Gasteiger partial charge >= 0.3 is 5.97 Å². The van der Waals surface area contributed by atoms with Crippen LogP contribution in [0.3, 0.4) is 0 Å². The van der Waals surface area contributed by atoms with Gasteiger partial charge in [0.25, 0.3) is 11.8 Å². The van der Waals surface area contributed by atoms with Gasteiger partial charge in [0.15, 0.2) is 0 Å². The molecule has 4 aromatic rings. The number of carbonyl (C=O) groups excluding carboxylic acids is 2. The number of aromatic nitrogens is 2. The van der Waals surface area contributed by atoms with E-state index in [1.54, 1.807) is 80.0 Å². The third-order valence-corrected chi connectivity index (χ3v) is 6.69. The van der Waals surface area contributed by atoms with Crippen molar-refractivity contribution in [3.63, 3.8) is 0 Å². The number of rotatable bonds is 7. The second-order valence-corrected chi connectivity index (χ2v) is 11.1. The maximum Gasteiger partial charge on any atom is 0.335 e. The highest BCUT2D eigenvalue weighted by molar-refractivity contribution is 6.29. The molecule has 2 heterocycles. The van der Waals surface area contributed by atoms with E-state index in [0.29, 0.717) is 39.2 Å². The molecule has 0 radical (unpaired) electrons. The molecule has 2 aromatic heterocycles. The first-order chi connectivity index (χ1) is 24.0. The standard InChI is InChI=1S/C23H22ClN3O3.C16H8ClNO2/c1-4-30-27-23(29)21(16(2)3)26-22(28)19-12-9-17(10-13-19)7-5-6-8-18-11-14-20(24)25-15-18;17-15-10-7-13(11-18-15)4-2-1-3-12-5-8-14(9-6-12)16(19)20/h9-16,21H,4H2,1-3H3,(H,26,28)(H,27,29);5-11H,(H,19,20). The summed E-state index contributed by atoms with van der Waals surface area (Å²) in [6.07, 6.45) is 3.14.